The van der Waals surface area contributed by atoms with Gasteiger partial charge < -0.3 is 0 Å². The summed E-state index contributed by atoms with van der Waals surface area (Å²) in [4.78, 5) is 0. The van der Waals surface area contributed by atoms with Crippen molar-refractivity contribution >= 4 is 0 Å². The van der Waals surface area contributed by atoms with Crippen molar-refractivity contribution in [2.45, 2.75) is 65.2 Å². The molecule has 0 radical (unpaired) electrons. The minimum absolute atomic E-state index is 0.758. The molecule has 118 valence electrons. The molecule has 0 heteroatoms. The van der Waals surface area contributed by atoms with Crippen molar-refractivity contribution in [3.05, 3.63) is 47.5 Å². The molecule has 0 aliphatic heterocycles. The molecule has 1 aliphatic rings. The molecule has 0 atom stereocenters. The zero-order valence-corrected chi connectivity index (χ0v) is 14.3. The van der Waals surface area contributed by atoms with Gasteiger partial charge in [0, 0.05) is 5.56 Å². The van der Waals surface area contributed by atoms with E-state index < -0.39 is 0 Å². The molecular formula is C22H30. The average molecular weight is 294 g/mol. The van der Waals surface area contributed by atoms with Gasteiger partial charge in [-0.05, 0) is 74.1 Å². The second-order valence-electron chi connectivity index (χ2n) is 6.62. The minimum Gasteiger partial charge on any atom is -0.0730 e. The third kappa shape index (κ3) is 5.72. The molecule has 0 bridgehead atoms. The van der Waals surface area contributed by atoms with Gasteiger partial charge in [-0.3, -0.25) is 0 Å². The predicted molar refractivity (Wildman–Crippen MR) is 96.8 cm³/mol. The van der Waals surface area contributed by atoms with Gasteiger partial charge in [0.15, 0.2) is 0 Å². The van der Waals surface area contributed by atoms with Gasteiger partial charge in [-0.15, -0.1) is 0 Å². The van der Waals surface area contributed by atoms with Crippen molar-refractivity contribution in [2.24, 2.45) is 11.8 Å². The molecule has 1 fully saturated rings. The third-order valence-corrected chi connectivity index (χ3v) is 4.91. The summed E-state index contributed by atoms with van der Waals surface area (Å²) < 4.78 is 0. The van der Waals surface area contributed by atoms with Gasteiger partial charge in [-0.2, -0.15) is 0 Å². The number of allylic oxidation sites excluding steroid dienone is 2. The highest BCUT2D eigenvalue weighted by Crippen LogP contribution is 2.31. The molecule has 2 rings (SSSR count). The van der Waals surface area contributed by atoms with Crippen molar-refractivity contribution in [2.75, 3.05) is 0 Å². The third-order valence-electron chi connectivity index (χ3n) is 4.91. The summed E-state index contributed by atoms with van der Waals surface area (Å²) in [5.74, 6) is 8.19. The smallest absolute Gasteiger partial charge is 0.0249 e. The van der Waals surface area contributed by atoms with Crippen LogP contribution >= 0.6 is 0 Å². The summed E-state index contributed by atoms with van der Waals surface area (Å²) in [7, 11) is 0. The molecular weight excluding hydrogens is 264 g/mol. The summed E-state index contributed by atoms with van der Waals surface area (Å²) in [6.07, 6.45) is 15.0. The molecule has 0 amide bonds. The van der Waals surface area contributed by atoms with Crippen LogP contribution in [0.4, 0.5) is 0 Å². The first-order chi connectivity index (χ1) is 10.8. The van der Waals surface area contributed by atoms with Gasteiger partial charge in [0.05, 0.1) is 0 Å². The second kappa shape index (κ2) is 9.52. The fourth-order valence-corrected chi connectivity index (χ4v) is 3.23. The number of rotatable bonds is 5. The predicted octanol–water partition coefficient (Wildman–Crippen LogP) is 6.15. The van der Waals surface area contributed by atoms with Crippen LogP contribution in [0.1, 0.15) is 69.9 Å². The highest BCUT2D eigenvalue weighted by Gasteiger charge is 2.17. The summed E-state index contributed by atoms with van der Waals surface area (Å²) in [6.45, 7) is 4.56. The molecule has 1 aromatic rings. The lowest BCUT2D eigenvalue weighted by atomic mass is 9.81. The highest BCUT2D eigenvalue weighted by atomic mass is 14.2. The standard InChI is InChI=1S/C22H30/c1-3-5-8-20-15-17-22(18-16-20)10-7-6-9-21-13-11-19(4-2)12-14-21/h6,9,15-19,21H,3-5,8,11-14H2,1-2H3/t19-,21-. The summed E-state index contributed by atoms with van der Waals surface area (Å²) in [5, 5.41) is 0. The van der Waals surface area contributed by atoms with E-state index in [2.05, 4.69) is 62.1 Å². The molecule has 1 aromatic carbocycles. The molecule has 0 spiro atoms. The minimum atomic E-state index is 0.758. The zero-order chi connectivity index (χ0) is 15.6. The van der Waals surface area contributed by atoms with E-state index in [1.54, 1.807) is 0 Å². The van der Waals surface area contributed by atoms with Crippen molar-refractivity contribution < 1.29 is 0 Å². The van der Waals surface area contributed by atoms with Gasteiger partial charge >= 0.3 is 0 Å². The van der Waals surface area contributed by atoms with E-state index in [-0.39, 0.29) is 0 Å². The van der Waals surface area contributed by atoms with Crippen molar-refractivity contribution in [3.63, 3.8) is 0 Å². The number of unbranched alkanes of at least 4 members (excludes halogenated alkanes) is 1. The van der Waals surface area contributed by atoms with Gasteiger partial charge in [0.1, 0.15) is 0 Å². The van der Waals surface area contributed by atoms with Gasteiger partial charge in [0.25, 0.3) is 0 Å². The zero-order valence-electron chi connectivity index (χ0n) is 14.3. The van der Waals surface area contributed by atoms with Crippen LogP contribution in [-0.4, -0.2) is 0 Å². The van der Waals surface area contributed by atoms with Crippen molar-refractivity contribution in [1.82, 2.24) is 0 Å². The molecule has 0 nitrogen and oxygen atoms in total. The Balaban J connectivity index is 1.79. The molecule has 0 saturated heterocycles. The Morgan fingerprint density at radius 3 is 2.41 bits per heavy atom. The Hall–Kier alpha value is -1.48. The first-order valence-electron chi connectivity index (χ1n) is 9.09. The lowest BCUT2D eigenvalue weighted by Gasteiger charge is -2.25. The van der Waals surface area contributed by atoms with Crippen molar-refractivity contribution in [1.29, 1.82) is 0 Å². The second-order valence-corrected chi connectivity index (χ2v) is 6.62. The highest BCUT2D eigenvalue weighted by molar-refractivity contribution is 5.38. The van der Waals surface area contributed by atoms with Crippen LogP contribution in [-0.2, 0) is 6.42 Å². The molecule has 1 aliphatic carbocycles. The van der Waals surface area contributed by atoms with Crippen LogP contribution in [0.15, 0.2) is 36.4 Å². The maximum Gasteiger partial charge on any atom is 0.0249 e. The lowest BCUT2D eigenvalue weighted by molar-refractivity contribution is 0.304. The van der Waals surface area contributed by atoms with E-state index in [1.807, 2.05) is 0 Å². The van der Waals surface area contributed by atoms with Crippen LogP contribution in [0, 0.1) is 23.7 Å². The summed E-state index contributed by atoms with van der Waals surface area (Å²) in [6, 6.07) is 8.74. The molecule has 0 unspecified atom stereocenters. The Kier molecular flexibility index (Phi) is 7.31. The van der Waals surface area contributed by atoms with Crippen LogP contribution in [0.25, 0.3) is 0 Å². The molecule has 0 N–H and O–H groups in total. The number of hydrogen-bond acceptors (Lipinski definition) is 0. The molecule has 0 aromatic heterocycles. The van der Waals surface area contributed by atoms with Crippen LogP contribution < -0.4 is 0 Å². The first kappa shape index (κ1) is 16.9. The molecule has 0 heterocycles. The number of aryl methyl sites for hydroxylation is 1. The number of hydrogen-bond donors (Lipinski definition) is 0. The monoisotopic (exact) mass is 294 g/mol. The maximum absolute atomic E-state index is 3.25. The van der Waals surface area contributed by atoms with Gasteiger partial charge in [-0.25, -0.2) is 0 Å². The van der Waals surface area contributed by atoms with E-state index in [9.17, 15) is 0 Å². The maximum atomic E-state index is 3.25. The van der Waals surface area contributed by atoms with Gasteiger partial charge in [0.2, 0.25) is 0 Å². The topological polar surface area (TPSA) is 0 Å². The fourth-order valence-electron chi connectivity index (χ4n) is 3.23. The van der Waals surface area contributed by atoms with Crippen molar-refractivity contribution in [3.8, 4) is 11.8 Å². The Morgan fingerprint density at radius 1 is 1.05 bits per heavy atom. The summed E-state index contributed by atoms with van der Waals surface area (Å²) in [5.41, 5.74) is 2.55. The first-order valence-corrected chi connectivity index (χ1v) is 9.09. The largest absolute Gasteiger partial charge is 0.0730 e. The van der Waals surface area contributed by atoms with Crippen LogP contribution in [0.2, 0.25) is 0 Å². The van der Waals surface area contributed by atoms with Crippen LogP contribution in [0.5, 0.6) is 0 Å². The Bertz CT molecular complexity index is 501. The van der Waals surface area contributed by atoms with Gasteiger partial charge in [-0.1, -0.05) is 56.7 Å². The Labute approximate surface area is 137 Å². The van der Waals surface area contributed by atoms with E-state index in [4.69, 9.17) is 0 Å². The van der Waals surface area contributed by atoms with E-state index in [0.29, 0.717) is 0 Å². The average Bonchev–Trinajstić information content (AvgIpc) is 2.58. The molecule has 1 saturated carbocycles. The lowest BCUT2D eigenvalue weighted by Crippen LogP contribution is -2.11. The fraction of sp³-hybridized carbons (Fsp3) is 0.545. The molecule has 22 heavy (non-hydrogen) atoms. The quantitative estimate of drug-likeness (QED) is 0.571. The van der Waals surface area contributed by atoms with Crippen LogP contribution in [0.3, 0.4) is 0 Å². The number of benzene rings is 1. The van der Waals surface area contributed by atoms with E-state index >= 15 is 0 Å². The summed E-state index contributed by atoms with van der Waals surface area (Å²) >= 11 is 0. The van der Waals surface area contributed by atoms with E-state index in [0.717, 1.165) is 17.4 Å². The SMILES string of the molecule is CCCCc1ccc(C#CC=C[C@H]2CC[C@H](CC)CC2)cc1. The Morgan fingerprint density at radius 2 is 1.77 bits per heavy atom. The van der Waals surface area contributed by atoms with E-state index in [1.165, 1.54) is 56.9 Å². The normalized spacial score (nSPS) is 21.5.